The molecule has 2 heterocycles. The van der Waals surface area contributed by atoms with E-state index in [9.17, 15) is 4.79 Å². The third-order valence-corrected chi connectivity index (χ3v) is 3.86. The predicted octanol–water partition coefficient (Wildman–Crippen LogP) is 2.65. The summed E-state index contributed by atoms with van der Waals surface area (Å²) in [4.78, 5) is 15.0. The Hall–Kier alpha value is -1.89. The van der Waals surface area contributed by atoms with Gasteiger partial charge in [-0.15, -0.1) is 0 Å². The number of nitrogens with zero attached hydrogens (tertiary/aromatic N) is 3. The topological polar surface area (TPSA) is 77.2 Å². The number of carboxylic acids is 1. The van der Waals surface area contributed by atoms with Crippen LogP contribution in [0, 0.1) is 6.92 Å². The summed E-state index contributed by atoms with van der Waals surface area (Å²) in [6.45, 7) is 4.81. The third kappa shape index (κ3) is 2.82. The second kappa shape index (κ2) is 6.04. The molecule has 2 aromatic rings. The molecular formula is C13H14BrN3O3. The number of hydrogen-bond donors (Lipinski definition) is 1. The summed E-state index contributed by atoms with van der Waals surface area (Å²) in [5, 5.41) is 13.4. The number of aromatic carboxylic acids is 1. The van der Waals surface area contributed by atoms with Crippen LogP contribution in [-0.4, -0.2) is 25.8 Å². The van der Waals surface area contributed by atoms with Crippen LogP contribution in [0.5, 0.6) is 5.75 Å². The first-order valence-electron chi connectivity index (χ1n) is 6.06. The number of pyridine rings is 1. The molecule has 0 radical (unpaired) electrons. The normalized spacial score (nSPS) is 10.6. The zero-order chi connectivity index (χ0) is 14.7. The molecule has 7 heteroatoms. The van der Waals surface area contributed by atoms with Crippen LogP contribution in [0.3, 0.4) is 0 Å². The lowest BCUT2D eigenvalue weighted by molar-refractivity contribution is 0.0691. The summed E-state index contributed by atoms with van der Waals surface area (Å²) < 4.78 is 8.28. The lowest BCUT2D eigenvalue weighted by Crippen LogP contribution is -2.09. The van der Waals surface area contributed by atoms with Crippen molar-refractivity contribution in [2.24, 2.45) is 0 Å². The lowest BCUT2D eigenvalue weighted by atomic mass is 10.2. The quantitative estimate of drug-likeness (QED) is 0.905. The Kier molecular flexibility index (Phi) is 4.39. The van der Waals surface area contributed by atoms with Crippen molar-refractivity contribution in [2.45, 2.75) is 27.0 Å². The zero-order valence-corrected chi connectivity index (χ0v) is 12.7. The Labute approximate surface area is 124 Å². The molecule has 0 aromatic carbocycles. The Bertz CT molecular complexity index is 640. The van der Waals surface area contributed by atoms with E-state index < -0.39 is 5.97 Å². The highest BCUT2D eigenvalue weighted by Crippen LogP contribution is 2.24. The van der Waals surface area contributed by atoms with E-state index in [1.54, 1.807) is 0 Å². The van der Waals surface area contributed by atoms with E-state index in [1.807, 2.05) is 18.5 Å². The lowest BCUT2D eigenvalue weighted by Gasteiger charge is -2.10. The van der Waals surface area contributed by atoms with Gasteiger partial charge in [-0.1, -0.05) is 0 Å². The average molecular weight is 340 g/mol. The standard InChI is InChI=1S/C13H14BrN3O3/c1-3-17-10(12(14)8(2)16-17)7-20-11-6-15-5-4-9(11)13(18)19/h4-6H,3,7H2,1-2H3,(H,18,19). The summed E-state index contributed by atoms with van der Waals surface area (Å²) in [6, 6.07) is 1.41. The summed E-state index contributed by atoms with van der Waals surface area (Å²) in [5.74, 6) is -0.796. The van der Waals surface area contributed by atoms with Crippen LogP contribution in [0.4, 0.5) is 0 Å². The minimum Gasteiger partial charge on any atom is -0.485 e. The van der Waals surface area contributed by atoms with Crippen LogP contribution < -0.4 is 4.74 Å². The molecule has 0 unspecified atom stereocenters. The number of rotatable bonds is 5. The molecule has 0 fully saturated rings. The van der Waals surface area contributed by atoms with Gasteiger partial charge in [0.1, 0.15) is 12.2 Å². The van der Waals surface area contributed by atoms with Gasteiger partial charge in [0.15, 0.2) is 5.75 Å². The van der Waals surface area contributed by atoms with Gasteiger partial charge in [0.05, 0.1) is 22.1 Å². The molecule has 0 saturated carbocycles. The maximum atomic E-state index is 11.1. The minimum absolute atomic E-state index is 0.0930. The Morgan fingerprint density at radius 2 is 2.30 bits per heavy atom. The van der Waals surface area contributed by atoms with E-state index >= 15 is 0 Å². The van der Waals surface area contributed by atoms with Crippen molar-refractivity contribution in [1.82, 2.24) is 14.8 Å². The molecule has 2 aromatic heterocycles. The van der Waals surface area contributed by atoms with Crippen molar-refractivity contribution in [3.8, 4) is 5.75 Å². The molecule has 0 saturated heterocycles. The van der Waals surface area contributed by atoms with Crippen LogP contribution in [0.25, 0.3) is 0 Å². The van der Waals surface area contributed by atoms with E-state index in [1.165, 1.54) is 18.5 Å². The molecule has 0 amide bonds. The number of halogens is 1. The first-order valence-corrected chi connectivity index (χ1v) is 6.85. The van der Waals surface area contributed by atoms with Gasteiger partial charge in [-0.2, -0.15) is 5.10 Å². The second-order valence-electron chi connectivity index (χ2n) is 4.13. The summed E-state index contributed by atoms with van der Waals surface area (Å²) in [5.41, 5.74) is 1.83. The van der Waals surface area contributed by atoms with Crippen molar-refractivity contribution in [3.63, 3.8) is 0 Å². The molecule has 0 bridgehead atoms. The maximum Gasteiger partial charge on any atom is 0.339 e. The molecule has 1 N–H and O–H groups in total. The first-order chi connectivity index (χ1) is 9.54. The van der Waals surface area contributed by atoms with Gasteiger partial charge in [0.25, 0.3) is 0 Å². The monoisotopic (exact) mass is 339 g/mol. The molecule has 0 aliphatic heterocycles. The number of carbonyl (C=O) groups is 1. The summed E-state index contributed by atoms with van der Waals surface area (Å²) in [6.07, 6.45) is 2.82. The molecular weight excluding hydrogens is 326 g/mol. The van der Waals surface area contributed by atoms with Gasteiger partial charge in [0.2, 0.25) is 0 Å². The largest absolute Gasteiger partial charge is 0.485 e. The van der Waals surface area contributed by atoms with Gasteiger partial charge in [0, 0.05) is 12.7 Å². The van der Waals surface area contributed by atoms with E-state index in [0.29, 0.717) is 6.54 Å². The first kappa shape index (κ1) is 14.5. The molecule has 0 aliphatic rings. The third-order valence-electron chi connectivity index (χ3n) is 2.83. The van der Waals surface area contributed by atoms with Gasteiger partial charge in [-0.05, 0) is 35.8 Å². The Morgan fingerprint density at radius 1 is 1.55 bits per heavy atom. The Morgan fingerprint density at radius 3 is 2.95 bits per heavy atom. The molecule has 0 atom stereocenters. The fraction of sp³-hybridized carbons (Fsp3) is 0.308. The van der Waals surface area contributed by atoms with Crippen molar-refractivity contribution in [3.05, 3.63) is 39.9 Å². The Balaban J connectivity index is 2.23. The van der Waals surface area contributed by atoms with E-state index in [4.69, 9.17) is 9.84 Å². The summed E-state index contributed by atoms with van der Waals surface area (Å²) in [7, 11) is 0. The number of hydrogen-bond acceptors (Lipinski definition) is 4. The van der Waals surface area contributed by atoms with Crippen LogP contribution in [0.15, 0.2) is 22.9 Å². The van der Waals surface area contributed by atoms with Crippen molar-refractivity contribution in [2.75, 3.05) is 0 Å². The van der Waals surface area contributed by atoms with Gasteiger partial charge < -0.3 is 9.84 Å². The van der Waals surface area contributed by atoms with Crippen LogP contribution in [0.2, 0.25) is 0 Å². The van der Waals surface area contributed by atoms with Crippen molar-refractivity contribution >= 4 is 21.9 Å². The molecule has 2 rings (SSSR count). The highest BCUT2D eigenvalue weighted by molar-refractivity contribution is 9.10. The zero-order valence-electron chi connectivity index (χ0n) is 11.1. The minimum atomic E-state index is -1.04. The van der Waals surface area contributed by atoms with Gasteiger partial charge >= 0.3 is 5.97 Å². The van der Waals surface area contributed by atoms with E-state index in [2.05, 4.69) is 26.0 Å². The van der Waals surface area contributed by atoms with Crippen molar-refractivity contribution < 1.29 is 14.6 Å². The predicted molar refractivity (Wildman–Crippen MR) is 75.9 cm³/mol. The number of carboxylic acid groups (broad SMARTS) is 1. The van der Waals surface area contributed by atoms with Crippen molar-refractivity contribution in [1.29, 1.82) is 0 Å². The number of ether oxygens (including phenoxy) is 1. The fourth-order valence-corrected chi connectivity index (χ4v) is 2.22. The van der Waals surface area contributed by atoms with Gasteiger partial charge in [-0.3, -0.25) is 9.67 Å². The molecule has 0 aliphatic carbocycles. The van der Waals surface area contributed by atoms with Crippen LogP contribution in [0.1, 0.15) is 28.7 Å². The number of aryl methyl sites for hydroxylation is 2. The second-order valence-corrected chi connectivity index (χ2v) is 4.92. The molecule has 20 heavy (non-hydrogen) atoms. The van der Waals surface area contributed by atoms with Crippen LogP contribution in [-0.2, 0) is 13.2 Å². The SMILES string of the molecule is CCn1nc(C)c(Br)c1COc1cnccc1C(=O)O. The fourth-order valence-electron chi connectivity index (χ4n) is 1.82. The smallest absolute Gasteiger partial charge is 0.339 e. The van der Waals surface area contributed by atoms with Crippen LogP contribution >= 0.6 is 15.9 Å². The average Bonchev–Trinajstić information content (AvgIpc) is 2.72. The van der Waals surface area contributed by atoms with E-state index in [0.717, 1.165) is 15.9 Å². The molecule has 6 nitrogen and oxygen atoms in total. The van der Waals surface area contributed by atoms with Gasteiger partial charge in [-0.25, -0.2) is 4.79 Å². The highest BCUT2D eigenvalue weighted by atomic mass is 79.9. The maximum absolute atomic E-state index is 11.1. The van der Waals surface area contributed by atoms with E-state index in [-0.39, 0.29) is 17.9 Å². The molecule has 106 valence electrons. The summed E-state index contributed by atoms with van der Waals surface area (Å²) >= 11 is 3.47. The molecule has 0 spiro atoms. The number of aromatic nitrogens is 3. The highest BCUT2D eigenvalue weighted by Gasteiger charge is 2.15.